The van der Waals surface area contributed by atoms with E-state index in [1.165, 1.54) is 6.34 Å². The van der Waals surface area contributed by atoms with Gasteiger partial charge in [0.2, 0.25) is 0 Å². The van der Waals surface area contributed by atoms with Gasteiger partial charge in [0, 0.05) is 43.7 Å². The van der Waals surface area contributed by atoms with E-state index in [0.717, 1.165) is 0 Å². The van der Waals surface area contributed by atoms with Crippen molar-refractivity contribution in [1.29, 1.82) is 0 Å². The van der Waals surface area contributed by atoms with Crippen LogP contribution in [0.4, 0.5) is 0 Å². The van der Waals surface area contributed by atoms with Crippen LogP contribution < -0.4 is 0 Å². The van der Waals surface area contributed by atoms with E-state index in [9.17, 15) is 4.79 Å². The second-order valence-corrected chi connectivity index (χ2v) is 3.38. The van der Waals surface area contributed by atoms with Crippen molar-refractivity contribution in [1.82, 2.24) is 4.90 Å². The molecule has 1 N–H and O–H groups in total. The summed E-state index contributed by atoms with van der Waals surface area (Å²) in [6.45, 7) is 0. The fraction of sp³-hybridized carbons (Fsp3) is 0.273. The third-order valence-corrected chi connectivity index (χ3v) is 1.80. The van der Waals surface area contributed by atoms with E-state index in [1.54, 1.807) is 43.3 Å². The number of carbonyl (C=O) groups is 1. The molecule has 0 spiro atoms. The Morgan fingerprint density at radius 2 is 1.94 bits per heavy atom. The zero-order valence-corrected chi connectivity index (χ0v) is 11.8. The summed E-state index contributed by atoms with van der Waals surface area (Å²) in [7, 11) is 3.60. The second kappa shape index (κ2) is 7.44. The van der Waals surface area contributed by atoms with E-state index in [4.69, 9.17) is 5.11 Å². The van der Waals surface area contributed by atoms with Gasteiger partial charge in [0.25, 0.3) is 0 Å². The third kappa shape index (κ3) is 4.79. The van der Waals surface area contributed by atoms with Crippen molar-refractivity contribution in [3.63, 3.8) is 0 Å². The monoisotopic (exact) mass is 229 g/mol. The molecule has 1 aromatic rings. The SMILES string of the molecule is CN(C)C=N[C@@H](C(=O)O)c1ccccc1.[Na]. The molecule has 81 valence electrons. The number of carboxylic acid groups (broad SMARTS) is 1. The molecule has 0 heterocycles. The van der Waals surface area contributed by atoms with Gasteiger partial charge in [-0.2, -0.15) is 0 Å². The van der Waals surface area contributed by atoms with Crippen LogP contribution in [0.25, 0.3) is 0 Å². The molecule has 1 aromatic carbocycles. The first-order valence-electron chi connectivity index (χ1n) is 4.58. The van der Waals surface area contributed by atoms with Gasteiger partial charge in [-0.05, 0) is 5.56 Å². The molecule has 1 radical (unpaired) electrons. The van der Waals surface area contributed by atoms with Gasteiger partial charge >= 0.3 is 5.97 Å². The molecule has 0 saturated carbocycles. The van der Waals surface area contributed by atoms with Crippen LogP contribution in [-0.2, 0) is 4.79 Å². The Bertz CT molecular complexity index is 352. The zero-order valence-electron chi connectivity index (χ0n) is 9.79. The standard InChI is InChI=1S/C11H14N2O2.Na/c1-13(2)8-12-10(11(14)15)9-6-4-3-5-7-9;/h3-8,10H,1-2H3,(H,14,15);/t10-;/m1./s1. The van der Waals surface area contributed by atoms with E-state index in [0.29, 0.717) is 5.56 Å². The smallest absolute Gasteiger partial charge is 0.333 e. The molecule has 4 nitrogen and oxygen atoms in total. The fourth-order valence-electron chi connectivity index (χ4n) is 1.13. The Morgan fingerprint density at radius 3 is 2.38 bits per heavy atom. The molecule has 0 aliphatic carbocycles. The maximum atomic E-state index is 11.0. The topological polar surface area (TPSA) is 52.9 Å². The quantitative estimate of drug-likeness (QED) is 0.476. The third-order valence-electron chi connectivity index (χ3n) is 1.80. The minimum absolute atomic E-state index is 0. The van der Waals surface area contributed by atoms with Gasteiger partial charge in [-0.25, -0.2) is 4.79 Å². The molecular formula is C11H14N2NaO2. The van der Waals surface area contributed by atoms with Crippen LogP contribution in [0.3, 0.4) is 0 Å². The molecule has 0 saturated heterocycles. The number of rotatable bonds is 4. The molecule has 0 aromatic heterocycles. The van der Waals surface area contributed by atoms with Gasteiger partial charge < -0.3 is 10.0 Å². The number of aliphatic imine (C=N–C) groups is 1. The minimum Gasteiger partial charge on any atom is -0.479 e. The predicted octanol–water partition coefficient (Wildman–Crippen LogP) is 1.02. The molecule has 0 fully saturated rings. The molecule has 0 aliphatic heterocycles. The number of benzene rings is 1. The van der Waals surface area contributed by atoms with E-state index in [-0.39, 0.29) is 29.6 Å². The van der Waals surface area contributed by atoms with Crippen LogP contribution in [0.15, 0.2) is 35.3 Å². The van der Waals surface area contributed by atoms with Gasteiger partial charge in [-0.15, -0.1) is 0 Å². The Labute approximate surface area is 117 Å². The molecule has 0 unspecified atom stereocenters. The molecule has 0 bridgehead atoms. The fourth-order valence-corrected chi connectivity index (χ4v) is 1.13. The summed E-state index contributed by atoms with van der Waals surface area (Å²) >= 11 is 0. The second-order valence-electron chi connectivity index (χ2n) is 3.38. The summed E-state index contributed by atoms with van der Waals surface area (Å²) in [5, 5.41) is 9.01. The van der Waals surface area contributed by atoms with Gasteiger partial charge in [0.1, 0.15) is 0 Å². The molecule has 0 amide bonds. The van der Waals surface area contributed by atoms with Crippen molar-refractivity contribution < 1.29 is 9.90 Å². The Balaban J connectivity index is 0.00000225. The van der Waals surface area contributed by atoms with Gasteiger partial charge in [0.05, 0.1) is 6.34 Å². The zero-order chi connectivity index (χ0) is 11.3. The first-order valence-corrected chi connectivity index (χ1v) is 4.58. The molecular weight excluding hydrogens is 215 g/mol. The summed E-state index contributed by atoms with van der Waals surface area (Å²) in [4.78, 5) is 16.7. The van der Waals surface area contributed by atoms with Crippen molar-refractivity contribution in [2.24, 2.45) is 4.99 Å². The van der Waals surface area contributed by atoms with Crippen molar-refractivity contribution in [2.75, 3.05) is 14.1 Å². The first kappa shape index (κ1) is 15.2. The van der Waals surface area contributed by atoms with Gasteiger partial charge in [-0.3, -0.25) is 4.99 Å². The molecule has 1 atom stereocenters. The van der Waals surface area contributed by atoms with E-state index in [2.05, 4.69) is 4.99 Å². The summed E-state index contributed by atoms with van der Waals surface area (Å²) in [6, 6.07) is 8.14. The summed E-state index contributed by atoms with van der Waals surface area (Å²) in [5.41, 5.74) is 0.683. The van der Waals surface area contributed by atoms with Crippen LogP contribution in [0.2, 0.25) is 0 Å². The van der Waals surface area contributed by atoms with Crippen LogP contribution in [0, 0.1) is 0 Å². The van der Waals surface area contributed by atoms with Crippen LogP contribution in [-0.4, -0.2) is 66.0 Å². The minimum atomic E-state index is -0.945. The Kier molecular flexibility index (Phi) is 7.05. The maximum absolute atomic E-state index is 11.0. The van der Waals surface area contributed by atoms with Crippen molar-refractivity contribution in [3.05, 3.63) is 35.9 Å². The van der Waals surface area contributed by atoms with E-state index < -0.39 is 12.0 Å². The number of nitrogens with zero attached hydrogens (tertiary/aromatic N) is 2. The van der Waals surface area contributed by atoms with Crippen LogP contribution in [0.1, 0.15) is 11.6 Å². The average molecular weight is 229 g/mol. The summed E-state index contributed by atoms with van der Waals surface area (Å²) < 4.78 is 0. The Hall–Kier alpha value is -0.840. The number of carboxylic acids is 1. The van der Waals surface area contributed by atoms with Gasteiger partial charge in [0.15, 0.2) is 6.04 Å². The van der Waals surface area contributed by atoms with Crippen molar-refractivity contribution in [2.45, 2.75) is 6.04 Å². The average Bonchev–Trinajstić information content (AvgIpc) is 2.18. The van der Waals surface area contributed by atoms with Crippen LogP contribution in [0.5, 0.6) is 0 Å². The van der Waals surface area contributed by atoms with E-state index in [1.807, 2.05) is 6.07 Å². The van der Waals surface area contributed by atoms with Crippen LogP contribution >= 0.6 is 0 Å². The molecule has 0 aliphatic rings. The molecule has 1 rings (SSSR count). The summed E-state index contributed by atoms with van der Waals surface area (Å²) in [6.07, 6.45) is 1.51. The normalized spacial score (nSPS) is 11.9. The first-order chi connectivity index (χ1) is 7.11. The Morgan fingerprint density at radius 1 is 1.38 bits per heavy atom. The summed E-state index contributed by atoms with van der Waals surface area (Å²) in [5.74, 6) is -0.945. The number of hydrogen-bond donors (Lipinski definition) is 1. The largest absolute Gasteiger partial charge is 0.479 e. The van der Waals surface area contributed by atoms with Gasteiger partial charge in [-0.1, -0.05) is 30.3 Å². The molecule has 16 heavy (non-hydrogen) atoms. The molecule has 5 heteroatoms. The van der Waals surface area contributed by atoms with E-state index >= 15 is 0 Å². The maximum Gasteiger partial charge on any atom is 0.333 e. The number of hydrogen-bond acceptors (Lipinski definition) is 2. The number of aliphatic carboxylic acids is 1. The predicted molar refractivity (Wildman–Crippen MR) is 64.8 cm³/mol. The van der Waals surface area contributed by atoms with Crippen molar-refractivity contribution >= 4 is 41.9 Å². The van der Waals surface area contributed by atoms with Crippen molar-refractivity contribution in [3.8, 4) is 0 Å².